The molecule has 134 valence electrons. The number of carbonyl (C=O) groups is 1. The highest BCUT2D eigenvalue weighted by Gasteiger charge is 2.14. The summed E-state index contributed by atoms with van der Waals surface area (Å²) in [6.07, 6.45) is 3.63. The van der Waals surface area contributed by atoms with Crippen LogP contribution in [0.3, 0.4) is 0 Å². The van der Waals surface area contributed by atoms with Crippen molar-refractivity contribution in [3.05, 3.63) is 47.9 Å². The van der Waals surface area contributed by atoms with Gasteiger partial charge in [-0.15, -0.1) is 0 Å². The van der Waals surface area contributed by atoms with E-state index in [4.69, 9.17) is 9.26 Å². The first kappa shape index (κ1) is 17.7. The van der Waals surface area contributed by atoms with Gasteiger partial charge in [-0.3, -0.25) is 9.78 Å². The van der Waals surface area contributed by atoms with Crippen LogP contribution in [0.5, 0.6) is 0 Å². The van der Waals surface area contributed by atoms with E-state index < -0.39 is 6.10 Å². The van der Waals surface area contributed by atoms with E-state index in [1.165, 1.54) is 18.0 Å². The van der Waals surface area contributed by atoms with Gasteiger partial charge >= 0.3 is 0 Å². The third-order valence-corrected chi connectivity index (χ3v) is 3.85. The molecule has 0 fully saturated rings. The summed E-state index contributed by atoms with van der Waals surface area (Å²) in [7, 11) is 0. The standard InChI is InChI=1S/C19H20N4O3/c1-12(2)8-14-4-6-15(7-5-14)19-22-18(23-26-19)17-10-20-16(9-21-17)13(3)25-11-24/h4-7,9-13H,8H2,1-3H3. The van der Waals surface area contributed by atoms with Crippen LogP contribution in [0.15, 0.2) is 41.2 Å². The molecular formula is C19H20N4O3. The summed E-state index contributed by atoms with van der Waals surface area (Å²) in [6.45, 7) is 6.48. The Labute approximate surface area is 151 Å². The monoisotopic (exact) mass is 352 g/mol. The molecule has 2 heterocycles. The molecule has 1 unspecified atom stereocenters. The van der Waals surface area contributed by atoms with Gasteiger partial charge in [-0.2, -0.15) is 4.98 Å². The molecule has 0 radical (unpaired) electrons. The van der Waals surface area contributed by atoms with E-state index in [1.807, 2.05) is 12.1 Å². The van der Waals surface area contributed by atoms with E-state index in [2.05, 4.69) is 46.1 Å². The number of hydrogen-bond acceptors (Lipinski definition) is 7. The van der Waals surface area contributed by atoms with E-state index in [0.29, 0.717) is 35.5 Å². The maximum atomic E-state index is 10.4. The molecule has 3 aromatic rings. The largest absolute Gasteiger partial charge is 0.458 e. The van der Waals surface area contributed by atoms with Crippen molar-refractivity contribution in [1.29, 1.82) is 0 Å². The van der Waals surface area contributed by atoms with Gasteiger partial charge in [0.05, 0.1) is 18.1 Å². The van der Waals surface area contributed by atoms with E-state index in [-0.39, 0.29) is 0 Å². The number of aromatic nitrogens is 4. The minimum atomic E-state index is -0.459. The molecule has 0 N–H and O–H groups in total. The van der Waals surface area contributed by atoms with Gasteiger partial charge < -0.3 is 9.26 Å². The van der Waals surface area contributed by atoms with Crippen LogP contribution in [0.4, 0.5) is 0 Å². The molecule has 7 heteroatoms. The van der Waals surface area contributed by atoms with Gasteiger partial charge in [0.25, 0.3) is 12.4 Å². The molecule has 1 aromatic carbocycles. The van der Waals surface area contributed by atoms with Crippen molar-refractivity contribution in [3.63, 3.8) is 0 Å². The fraction of sp³-hybridized carbons (Fsp3) is 0.316. The van der Waals surface area contributed by atoms with Gasteiger partial charge in [-0.1, -0.05) is 31.1 Å². The summed E-state index contributed by atoms with van der Waals surface area (Å²) in [4.78, 5) is 23.3. The van der Waals surface area contributed by atoms with E-state index in [9.17, 15) is 4.79 Å². The smallest absolute Gasteiger partial charge is 0.293 e. The van der Waals surface area contributed by atoms with Gasteiger partial charge in [0.2, 0.25) is 5.82 Å². The summed E-state index contributed by atoms with van der Waals surface area (Å²) in [6, 6.07) is 8.09. The first-order valence-electron chi connectivity index (χ1n) is 8.41. The summed E-state index contributed by atoms with van der Waals surface area (Å²) in [5.74, 6) is 1.39. The van der Waals surface area contributed by atoms with Gasteiger partial charge in [-0.25, -0.2) is 4.98 Å². The number of ether oxygens (including phenoxy) is 1. The number of rotatable bonds is 7. The molecule has 1 atom stereocenters. The van der Waals surface area contributed by atoms with Crippen LogP contribution in [-0.2, 0) is 16.0 Å². The highest BCUT2D eigenvalue weighted by Crippen LogP contribution is 2.22. The number of nitrogens with zero attached hydrogens (tertiary/aromatic N) is 4. The molecule has 26 heavy (non-hydrogen) atoms. The van der Waals surface area contributed by atoms with Crippen molar-refractivity contribution in [1.82, 2.24) is 20.1 Å². The Kier molecular flexibility index (Phi) is 5.36. The Balaban J connectivity index is 1.76. The maximum Gasteiger partial charge on any atom is 0.293 e. The zero-order valence-electron chi connectivity index (χ0n) is 14.9. The van der Waals surface area contributed by atoms with Crippen LogP contribution in [0, 0.1) is 5.92 Å². The van der Waals surface area contributed by atoms with Crippen LogP contribution in [-0.4, -0.2) is 26.6 Å². The van der Waals surface area contributed by atoms with E-state index in [1.54, 1.807) is 6.92 Å². The highest BCUT2D eigenvalue weighted by atomic mass is 16.5. The van der Waals surface area contributed by atoms with Crippen molar-refractivity contribution in [2.24, 2.45) is 5.92 Å². The summed E-state index contributed by atoms with van der Waals surface area (Å²) < 4.78 is 10.2. The lowest BCUT2D eigenvalue weighted by atomic mass is 10.0. The van der Waals surface area contributed by atoms with Gasteiger partial charge in [0, 0.05) is 5.56 Å². The lowest BCUT2D eigenvalue weighted by molar-refractivity contribution is -0.133. The Bertz CT molecular complexity index is 857. The predicted molar refractivity (Wildman–Crippen MR) is 94.9 cm³/mol. The maximum absolute atomic E-state index is 10.4. The lowest BCUT2D eigenvalue weighted by Gasteiger charge is -2.07. The zero-order chi connectivity index (χ0) is 18.5. The second-order valence-corrected chi connectivity index (χ2v) is 6.42. The molecule has 0 saturated carbocycles. The van der Waals surface area contributed by atoms with Gasteiger partial charge in [0.1, 0.15) is 11.8 Å². The fourth-order valence-corrected chi connectivity index (χ4v) is 2.52. The fourth-order valence-electron chi connectivity index (χ4n) is 2.52. The van der Waals surface area contributed by atoms with Gasteiger partial charge in [0.15, 0.2) is 0 Å². The van der Waals surface area contributed by atoms with E-state index >= 15 is 0 Å². The van der Waals surface area contributed by atoms with Crippen LogP contribution < -0.4 is 0 Å². The number of carbonyl (C=O) groups excluding carboxylic acids is 1. The van der Waals surface area contributed by atoms with Crippen molar-refractivity contribution in [3.8, 4) is 23.0 Å². The quantitative estimate of drug-likeness (QED) is 0.600. The molecular weight excluding hydrogens is 332 g/mol. The van der Waals surface area contributed by atoms with E-state index in [0.717, 1.165) is 12.0 Å². The Morgan fingerprint density at radius 2 is 1.88 bits per heavy atom. The average molecular weight is 352 g/mol. The normalized spacial score (nSPS) is 12.2. The number of benzene rings is 1. The molecule has 0 spiro atoms. The van der Waals surface area contributed by atoms with Crippen LogP contribution >= 0.6 is 0 Å². The summed E-state index contributed by atoms with van der Waals surface area (Å²) in [5.41, 5.74) is 3.16. The van der Waals surface area contributed by atoms with Crippen molar-refractivity contribution in [2.45, 2.75) is 33.3 Å². The third kappa shape index (κ3) is 4.11. The predicted octanol–water partition coefficient (Wildman–Crippen LogP) is 3.63. The number of hydrogen-bond donors (Lipinski definition) is 0. The summed E-state index contributed by atoms with van der Waals surface area (Å²) in [5, 5.41) is 3.97. The minimum Gasteiger partial charge on any atom is -0.458 e. The molecule has 2 aromatic heterocycles. The Morgan fingerprint density at radius 3 is 2.50 bits per heavy atom. The van der Waals surface area contributed by atoms with Crippen molar-refractivity contribution < 1.29 is 14.1 Å². The molecule has 3 rings (SSSR count). The molecule has 7 nitrogen and oxygen atoms in total. The molecule has 0 aliphatic rings. The molecule has 0 bridgehead atoms. The Hall–Kier alpha value is -3.09. The minimum absolute atomic E-state index is 0.356. The second kappa shape index (κ2) is 7.86. The van der Waals surface area contributed by atoms with Crippen molar-refractivity contribution in [2.75, 3.05) is 0 Å². The van der Waals surface area contributed by atoms with Crippen LogP contribution in [0.1, 0.15) is 38.1 Å². The molecule has 0 aliphatic carbocycles. The first-order chi connectivity index (χ1) is 12.6. The first-order valence-corrected chi connectivity index (χ1v) is 8.41. The highest BCUT2D eigenvalue weighted by molar-refractivity contribution is 5.57. The zero-order valence-corrected chi connectivity index (χ0v) is 14.9. The molecule has 0 amide bonds. The topological polar surface area (TPSA) is 91.0 Å². The molecule has 0 aliphatic heterocycles. The van der Waals surface area contributed by atoms with Crippen molar-refractivity contribution >= 4 is 6.47 Å². The molecule has 0 saturated heterocycles. The SMILES string of the molecule is CC(C)Cc1ccc(-c2nc(-c3cnc(C(C)OC=O)cn3)no2)cc1. The van der Waals surface area contributed by atoms with Crippen LogP contribution in [0.2, 0.25) is 0 Å². The Morgan fingerprint density at radius 1 is 1.12 bits per heavy atom. The summed E-state index contributed by atoms with van der Waals surface area (Å²) >= 11 is 0. The second-order valence-electron chi connectivity index (χ2n) is 6.42. The average Bonchev–Trinajstić information content (AvgIpc) is 3.12. The third-order valence-electron chi connectivity index (χ3n) is 3.85. The van der Waals surface area contributed by atoms with Crippen LogP contribution in [0.25, 0.3) is 23.0 Å². The lowest BCUT2D eigenvalue weighted by Crippen LogP contribution is -2.02. The van der Waals surface area contributed by atoms with Gasteiger partial charge in [-0.05, 0) is 37.0 Å².